The quantitative estimate of drug-likeness (QED) is 0.226. The summed E-state index contributed by atoms with van der Waals surface area (Å²) in [5.74, 6) is -0.566. The zero-order chi connectivity index (χ0) is 27.4. The Morgan fingerprint density at radius 1 is 0.974 bits per heavy atom. The van der Waals surface area contributed by atoms with Gasteiger partial charge in [0.2, 0.25) is 0 Å². The minimum absolute atomic E-state index is 0.108. The van der Waals surface area contributed by atoms with Crippen LogP contribution < -0.4 is 9.73 Å². The van der Waals surface area contributed by atoms with Crippen molar-refractivity contribution < 1.29 is 13.2 Å². The Labute approximate surface area is 228 Å². The van der Waals surface area contributed by atoms with Crippen molar-refractivity contribution in [2.75, 3.05) is 10.8 Å². The van der Waals surface area contributed by atoms with Crippen LogP contribution in [0.15, 0.2) is 88.9 Å². The highest BCUT2D eigenvalue weighted by atomic mass is 35.5. The molecule has 0 aliphatic rings. The van der Waals surface area contributed by atoms with Crippen LogP contribution in [0.1, 0.15) is 28.1 Å². The number of aryl methyl sites for hydroxylation is 3. The molecule has 0 bridgehead atoms. The molecule has 0 aliphatic carbocycles. The van der Waals surface area contributed by atoms with E-state index in [-0.39, 0.29) is 4.90 Å². The number of nitrogens with zero attached hydrogens (tertiary/aromatic N) is 3. The lowest BCUT2D eigenvalue weighted by Gasteiger charge is -2.25. The SMILES string of the molecule is Cc1ccc(S(=O)(=O)N(CC(=O)N/N=C/c2cc(C)n(-c3cccc(Cl)c3)c2C)c2ccccc2C)cc1. The van der Waals surface area contributed by atoms with E-state index in [9.17, 15) is 13.2 Å². The molecule has 4 aromatic rings. The number of carbonyl (C=O) groups excluding carboxylic acids is 1. The monoisotopic (exact) mass is 548 g/mol. The number of aromatic nitrogens is 1. The van der Waals surface area contributed by atoms with Gasteiger partial charge in [-0.05, 0) is 75.7 Å². The number of sulfonamides is 1. The van der Waals surface area contributed by atoms with Gasteiger partial charge in [0.25, 0.3) is 15.9 Å². The molecular weight excluding hydrogens is 520 g/mol. The number of amides is 1. The fourth-order valence-corrected chi connectivity index (χ4v) is 5.92. The normalized spacial score (nSPS) is 11.6. The predicted molar refractivity (Wildman–Crippen MR) is 153 cm³/mol. The number of hydrogen-bond donors (Lipinski definition) is 1. The molecule has 7 nitrogen and oxygen atoms in total. The van der Waals surface area contributed by atoms with Crippen molar-refractivity contribution in [2.45, 2.75) is 32.6 Å². The molecule has 196 valence electrons. The van der Waals surface area contributed by atoms with Crippen molar-refractivity contribution in [1.82, 2.24) is 9.99 Å². The van der Waals surface area contributed by atoms with Gasteiger partial charge in [0.05, 0.1) is 16.8 Å². The molecule has 1 aromatic heterocycles. The van der Waals surface area contributed by atoms with E-state index in [1.165, 1.54) is 0 Å². The Balaban J connectivity index is 1.56. The van der Waals surface area contributed by atoms with Gasteiger partial charge in [-0.15, -0.1) is 0 Å². The molecule has 0 unspecified atom stereocenters. The first-order valence-corrected chi connectivity index (χ1v) is 13.8. The van der Waals surface area contributed by atoms with Crippen LogP contribution in [0.5, 0.6) is 0 Å². The van der Waals surface area contributed by atoms with E-state index in [4.69, 9.17) is 11.6 Å². The molecule has 1 amide bonds. The summed E-state index contributed by atoms with van der Waals surface area (Å²) in [6.07, 6.45) is 1.55. The molecule has 0 fully saturated rings. The number of carbonyl (C=O) groups is 1. The lowest BCUT2D eigenvalue weighted by Crippen LogP contribution is -2.40. The summed E-state index contributed by atoms with van der Waals surface area (Å²) in [6.45, 7) is 7.18. The van der Waals surface area contributed by atoms with Crippen LogP contribution in [0.2, 0.25) is 5.02 Å². The first-order valence-electron chi connectivity index (χ1n) is 12.0. The second kappa shape index (κ2) is 11.2. The summed E-state index contributed by atoms with van der Waals surface area (Å²) in [5, 5.41) is 4.75. The largest absolute Gasteiger partial charge is 0.318 e. The molecule has 38 heavy (non-hydrogen) atoms. The maximum Gasteiger partial charge on any atom is 0.264 e. The second-order valence-corrected chi connectivity index (χ2v) is 11.3. The zero-order valence-corrected chi connectivity index (χ0v) is 23.2. The maximum atomic E-state index is 13.6. The zero-order valence-electron chi connectivity index (χ0n) is 21.6. The van der Waals surface area contributed by atoms with Gasteiger partial charge < -0.3 is 4.57 Å². The Kier molecular flexibility index (Phi) is 8.04. The average molecular weight is 549 g/mol. The van der Waals surface area contributed by atoms with E-state index < -0.39 is 22.5 Å². The highest BCUT2D eigenvalue weighted by Crippen LogP contribution is 2.27. The van der Waals surface area contributed by atoms with E-state index in [0.29, 0.717) is 10.7 Å². The summed E-state index contributed by atoms with van der Waals surface area (Å²) < 4.78 is 30.3. The number of anilines is 1. The third-order valence-corrected chi connectivity index (χ3v) is 8.22. The lowest BCUT2D eigenvalue weighted by atomic mass is 10.2. The van der Waals surface area contributed by atoms with Crippen molar-refractivity contribution in [3.8, 4) is 5.69 Å². The van der Waals surface area contributed by atoms with Crippen LogP contribution >= 0.6 is 11.6 Å². The molecule has 0 radical (unpaired) electrons. The van der Waals surface area contributed by atoms with E-state index in [1.54, 1.807) is 55.6 Å². The van der Waals surface area contributed by atoms with Gasteiger partial charge in [0.15, 0.2) is 0 Å². The Morgan fingerprint density at radius 3 is 2.37 bits per heavy atom. The van der Waals surface area contributed by atoms with Gasteiger partial charge in [-0.3, -0.25) is 9.10 Å². The van der Waals surface area contributed by atoms with Crippen LogP contribution in [0.3, 0.4) is 0 Å². The van der Waals surface area contributed by atoms with Crippen LogP contribution in [-0.4, -0.2) is 31.7 Å². The molecular formula is C29H29ClN4O3S. The smallest absolute Gasteiger partial charge is 0.264 e. The Morgan fingerprint density at radius 2 is 1.68 bits per heavy atom. The third kappa shape index (κ3) is 5.82. The van der Waals surface area contributed by atoms with Crippen molar-refractivity contribution in [3.63, 3.8) is 0 Å². The number of hydrogen-bond acceptors (Lipinski definition) is 4. The van der Waals surface area contributed by atoms with E-state index in [2.05, 4.69) is 10.5 Å². The number of halogens is 1. The Hall–Kier alpha value is -3.88. The van der Waals surface area contributed by atoms with Crippen LogP contribution in [0.4, 0.5) is 5.69 Å². The molecule has 1 N–H and O–H groups in total. The van der Waals surface area contributed by atoms with Gasteiger partial charge >= 0.3 is 0 Å². The minimum atomic E-state index is -4.00. The molecule has 0 atom stereocenters. The van der Waals surface area contributed by atoms with E-state index in [1.807, 2.05) is 61.7 Å². The number of para-hydroxylation sites is 1. The van der Waals surface area contributed by atoms with Crippen molar-refractivity contribution in [1.29, 1.82) is 0 Å². The van der Waals surface area contributed by atoms with E-state index in [0.717, 1.165) is 38.1 Å². The highest BCUT2D eigenvalue weighted by molar-refractivity contribution is 7.92. The summed E-state index contributed by atoms with van der Waals surface area (Å²) in [7, 11) is -4.00. The molecule has 0 aliphatic heterocycles. The van der Waals surface area contributed by atoms with E-state index >= 15 is 0 Å². The third-order valence-electron chi connectivity index (χ3n) is 6.21. The van der Waals surface area contributed by atoms with Crippen LogP contribution in [-0.2, 0) is 14.8 Å². The van der Waals surface area contributed by atoms with Gasteiger partial charge in [0.1, 0.15) is 6.54 Å². The predicted octanol–water partition coefficient (Wildman–Crippen LogP) is 5.71. The average Bonchev–Trinajstić information content (AvgIpc) is 3.16. The Bertz CT molecular complexity index is 1610. The maximum absolute atomic E-state index is 13.6. The molecule has 0 saturated heterocycles. The number of benzene rings is 3. The fourth-order valence-electron chi connectivity index (χ4n) is 4.25. The van der Waals surface area contributed by atoms with Crippen LogP contribution in [0.25, 0.3) is 5.69 Å². The number of hydrazone groups is 1. The van der Waals surface area contributed by atoms with Crippen LogP contribution in [0, 0.1) is 27.7 Å². The van der Waals surface area contributed by atoms with Crippen molar-refractivity contribution in [2.24, 2.45) is 5.10 Å². The molecule has 4 rings (SSSR count). The van der Waals surface area contributed by atoms with Gasteiger partial charge in [-0.1, -0.05) is 53.6 Å². The fraction of sp³-hybridized carbons (Fsp3) is 0.172. The highest BCUT2D eigenvalue weighted by Gasteiger charge is 2.28. The minimum Gasteiger partial charge on any atom is -0.318 e. The van der Waals surface area contributed by atoms with Crippen molar-refractivity contribution in [3.05, 3.63) is 112 Å². The lowest BCUT2D eigenvalue weighted by molar-refractivity contribution is -0.119. The van der Waals surface area contributed by atoms with Gasteiger partial charge in [-0.2, -0.15) is 5.10 Å². The number of nitrogens with one attached hydrogen (secondary N) is 1. The van der Waals surface area contributed by atoms with Gasteiger partial charge in [0, 0.05) is 27.7 Å². The first-order chi connectivity index (χ1) is 18.1. The van der Waals surface area contributed by atoms with Crippen molar-refractivity contribution >= 4 is 39.4 Å². The second-order valence-electron chi connectivity index (χ2n) is 9.05. The standard InChI is InChI=1S/C29H29ClN4O3S/c1-20-12-14-27(15-13-20)38(36,37)33(28-11-6-5-8-21(28)2)19-29(35)32-31-18-24-16-22(3)34(23(24)4)26-10-7-9-25(30)17-26/h5-18H,19H2,1-4H3,(H,32,35)/b31-18+. The summed E-state index contributed by atoms with van der Waals surface area (Å²) in [4.78, 5) is 13.0. The molecule has 3 aromatic carbocycles. The molecule has 0 saturated carbocycles. The number of rotatable bonds is 8. The summed E-state index contributed by atoms with van der Waals surface area (Å²) >= 11 is 6.16. The summed E-state index contributed by atoms with van der Waals surface area (Å²) in [6, 6.07) is 23.1. The van der Waals surface area contributed by atoms with Gasteiger partial charge in [-0.25, -0.2) is 13.8 Å². The molecule has 9 heteroatoms. The molecule has 0 spiro atoms. The first kappa shape index (κ1) is 27.2. The molecule has 1 heterocycles. The topological polar surface area (TPSA) is 83.8 Å². The summed E-state index contributed by atoms with van der Waals surface area (Å²) in [5.41, 5.74) is 8.21.